The number of nitrogens with one attached hydrogen (secondary N) is 1. The number of methoxy groups -OCH3 is 1. The predicted octanol–water partition coefficient (Wildman–Crippen LogP) is 3.39. The molecule has 0 saturated carbocycles. The third kappa shape index (κ3) is 5.78. The second kappa shape index (κ2) is 10.9. The van der Waals surface area contributed by atoms with E-state index in [0.717, 1.165) is 18.2 Å². The molecule has 3 rings (SSSR count). The number of non-ortho nitro benzene ring substituents is 2. The molecule has 1 aliphatic rings. The predicted molar refractivity (Wildman–Crippen MR) is 125 cm³/mol. The summed E-state index contributed by atoms with van der Waals surface area (Å²) in [6.07, 6.45) is -0.407. The van der Waals surface area contributed by atoms with Crippen molar-refractivity contribution >= 4 is 34.1 Å². The van der Waals surface area contributed by atoms with Crippen molar-refractivity contribution in [3.8, 4) is 0 Å². The van der Waals surface area contributed by atoms with E-state index in [1.54, 1.807) is 11.9 Å². The van der Waals surface area contributed by atoms with Crippen molar-refractivity contribution in [3.63, 3.8) is 0 Å². The number of rotatable bonds is 10. The standard InChI is InChI=1S/C20H22N6O10/c1-22(17-8-4-13(24(29)30)10-19(17)26(33)34)11-14-5-7-16(20(35-2)36-14)21-15-6-3-12(23(27)28)9-18(15)25(31)32/h3-4,6,8-10,14,16,20-21H,5,7,11H2,1-2H3/t14-,16+,20-/m0/s1. The maximum atomic E-state index is 11.5. The Morgan fingerprint density at radius 1 is 0.917 bits per heavy atom. The van der Waals surface area contributed by atoms with Crippen LogP contribution in [0.3, 0.4) is 0 Å². The number of nitrogens with zero attached hydrogens (tertiary/aromatic N) is 5. The van der Waals surface area contributed by atoms with E-state index in [9.17, 15) is 40.5 Å². The van der Waals surface area contributed by atoms with Gasteiger partial charge in [-0.3, -0.25) is 40.5 Å². The second-order valence-electron chi connectivity index (χ2n) is 7.97. The van der Waals surface area contributed by atoms with Crippen molar-refractivity contribution in [1.82, 2.24) is 0 Å². The summed E-state index contributed by atoms with van der Waals surface area (Å²) in [7, 11) is 2.97. The van der Waals surface area contributed by atoms with Crippen LogP contribution in [-0.2, 0) is 9.47 Å². The maximum Gasteiger partial charge on any atom is 0.299 e. The monoisotopic (exact) mass is 506 g/mol. The van der Waals surface area contributed by atoms with Crippen LogP contribution in [-0.4, -0.2) is 58.8 Å². The lowest BCUT2D eigenvalue weighted by atomic mass is 10.0. The van der Waals surface area contributed by atoms with Crippen LogP contribution in [0, 0.1) is 40.5 Å². The number of nitro groups is 4. The number of nitro benzene ring substituents is 4. The average molecular weight is 506 g/mol. The normalized spacial score (nSPS) is 19.3. The molecule has 1 fully saturated rings. The van der Waals surface area contributed by atoms with Crippen LogP contribution in [0.1, 0.15) is 12.8 Å². The molecular weight excluding hydrogens is 484 g/mol. The summed E-state index contributed by atoms with van der Waals surface area (Å²) >= 11 is 0. The van der Waals surface area contributed by atoms with E-state index in [-0.39, 0.29) is 17.9 Å². The lowest BCUT2D eigenvalue weighted by Crippen LogP contribution is -2.47. The minimum atomic E-state index is -0.848. The SMILES string of the molecule is CO[C@H]1O[C@H](CN(C)c2ccc([N+](=O)[O-])cc2[N+](=O)[O-])CC[C@H]1Nc1ccc([N+](=O)[O-])cc1[N+](=O)[O-]. The van der Waals surface area contributed by atoms with E-state index in [2.05, 4.69) is 5.32 Å². The molecule has 1 aliphatic heterocycles. The number of likely N-dealkylation sites (N-methyl/N-ethyl adjacent to an activating group) is 1. The minimum absolute atomic E-state index is 0.0679. The van der Waals surface area contributed by atoms with Gasteiger partial charge in [-0.25, -0.2) is 0 Å². The van der Waals surface area contributed by atoms with E-state index < -0.39 is 60.9 Å². The third-order valence-electron chi connectivity index (χ3n) is 5.67. The largest absolute Gasteiger partial charge is 0.372 e. The molecule has 1 saturated heterocycles. The highest BCUT2D eigenvalue weighted by Gasteiger charge is 2.34. The number of ether oxygens (including phenoxy) is 2. The highest BCUT2D eigenvalue weighted by Crippen LogP contribution is 2.34. The molecule has 36 heavy (non-hydrogen) atoms. The van der Waals surface area contributed by atoms with E-state index >= 15 is 0 Å². The summed E-state index contributed by atoms with van der Waals surface area (Å²) in [6.45, 7) is 0.197. The van der Waals surface area contributed by atoms with Crippen LogP contribution in [0.15, 0.2) is 36.4 Å². The summed E-state index contributed by atoms with van der Waals surface area (Å²) in [5.41, 5.74) is -1.47. The molecular formula is C20H22N6O10. The van der Waals surface area contributed by atoms with Gasteiger partial charge < -0.3 is 19.7 Å². The van der Waals surface area contributed by atoms with Gasteiger partial charge in [0.15, 0.2) is 6.29 Å². The molecule has 0 spiro atoms. The Morgan fingerprint density at radius 3 is 2.06 bits per heavy atom. The third-order valence-corrected chi connectivity index (χ3v) is 5.67. The first-order valence-corrected chi connectivity index (χ1v) is 10.5. The van der Waals surface area contributed by atoms with Gasteiger partial charge in [-0.1, -0.05) is 0 Å². The van der Waals surface area contributed by atoms with Gasteiger partial charge in [0.2, 0.25) is 0 Å². The zero-order chi connectivity index (χ0) is 26.6. The Balaban J connectivity index is 1.72. The quantitative estimate of drug-likeness (QED) is 0.363. The number of hydrogen-bond acceptors (Lipinski definition) is 12. The van der Waals surface area contributed by atoms with Gasteiger partial charge in [0.25, 0.3) is 22.7 Å². The smallest absolute Gasteiger partial charge is 0.299 e. The van der Waals surface area contributed by atoms with E-state index in [4.69, 9.17) is 9.47 Å². The maximum absolute atomic E-state index is 11.5. The molecule has 0 aromatic heterocycles. The molecule has 1 heterocycles. The summed E-state index contributed by atoms with van der Waals surface area (Å²) in [4.78, 5) is 43.5. The van der Waals surface area contributed by atoms with Crippen LogP contribution in [0.2, 0.25) is 0 Å². The van der Waals surface area contributed by atoms with Crippen molar-refractivity contribution in [2.45, 2.75) is 31.3 Å². The van der Waals surface area contributed by atoms with E-state index in [1.807, 2.05) is 0 Å². The lowest BCUT2D eigenvalue weighted by molar-refractivity contribution is -0.393. The van der Waals surface area contributed by atoms with Crippen LogP contribution in [0.25, 0.3) is 0 Å². The molecule has 16 heteroatoms. The van der Waals surface area contributed by atoms with Gasteiger partial charge in [-0.15, -0.1) is 0 Å². The zero-order valence-electron chi connectivity index (χ0n) is 19.1. The Hall–Kier alpha value is -4.44. The fourth-order valence-corrected chi connectivity index (χ4v) is 3.95. The second-order valence-corrected chi connectivity index (χ2v) is 7.97. The molecule has 0 bridgehead atoms. The molecule has 0 aliphatic carbocycles. The molecule has 16 nitrogen and oxygen atoms in total. The number of anilines is 2. The van der Waals surface area contributed by atoms with Gasteiger partial charge in [0.05, 0.1) is 44.0 Å². The average Bonchev–Trinajstić information content (AvgIpc) is 2.84. The molecule has 1 N–H and O–H groups in total. The summed E-state index contributed by atoms with van der Waals surface area (Å²) in [5, 5.41) is 47.8. The molecule has 192 valence electrons. The van der Waals surface area contributed by atoms with Crippen molar-refractivity contribution in [1.29, 1.82) is 0 Å². The first kappa shape index (κ1) is 26.2. The summed E-state index contributed by atoms with van der Waals surface area (Å²) < 4.78 is 11.3. The van der Waals surface area contributed by atoms with Gasteiger partial charge in [-0.05, 0) is 25.0 Å². The first-order chi connectivity index (χ1) is 17.0. The fourth-order valence-electron chi connectivity index (χ4n) is 3.95. The number of benzene rings is 2. The van der Waals surface area contributed by atoms with E-state index in [0.29, 0.717) is 12.8 Å². The molecule has 2 aromatic rings. The summed E-state index contributed by atoms with van der Waals surface area (Å²) in [5.74, 6) is 0. The van der Waals surface area contributed by atoms with Crippen LogP contribution >= 0.6 is 0 Å². The minimum Gasteiger partial charge on any atom is -0.372 e. The Kier molecular flexibility index (Phi) is 7.90. The molecule has 0 amide bonds. The van der Waals surface area contributed by atoms with Crippen LogP contribution < -0.4 is 10.2 Å². The molecule has 3 atom stereocenters. The highest BCUT2D eigenvalue weighted by molar-refractivity contribution is 5.67. The highest BCUT2D eigenvalue weighted by atomic mass is 16.7. The zero-order valence-corrected chi connectivity index (χ0v) is 19.1. The van der Waals surface area contributed by atoms with Crippen molar-refractivity contribution < 1.29 is 29.2 Å². The molecule has 0 radical (unpaired) electrons. The lowest BCUT2D eigenvalue weighted by Gasteiger charge is -2.37. The van der Waals surface area contributed by atoms with Crippen LogP contribution in [0.5, 0.6) is 0 Å². The Bertz CT molecular complexity index is 1190. The Morgan fingerprint density at radius 2 is 1.50 bits per heavy atom. The van der Waals surface area contributed by atoms with Gasteiger partial charge in [0, 0.05) is 32.8 Å². The van der Waals surface area contributed by atoms with Crippen LogP contribution in [0.4, 0.5) is 34.1 Å². The Labute approximate surface area is 203 Å². The van der Waals surface area contributed by atoms with Crippen molar-refractivity contribution in [2.24, 2.45) is 0 Å². The van der Waals surface area contributed by atoms with Gasteiger partial charge in [0.1, 0.15) is 11.4 Å². The molecule has 2 aromatic carbocycles. The van der Waals surface area contributed by atoms with Gasteiger partial charge in [-0.2, -0.15) is 0 Å². The first-order valence-electron chi connectivity index (χ1n) is 10.5. The topological polar surface area (TPSA) is 206 Å². The van der Waals surface area contributed by atoms with Crippen molar-refractivity contribution in [2.75, 3.05) is 30.9 Å². The molecule has 0 unspecified atom stereocenters. The fraction of sp³-hybridized carbons (Fsp3) is 0.400. The van der Waals surface area contributed by atoms with E-state index in [1.165, 1.54) is 25.3 Å². The van der Waals surface area contributed by atoms with Crippen molar-refractivity contribution in [3.05, 3.63) is 76.9 Å². The van der Waals surface area contributed by atoms with Gasteiger partial charge >= 0.3 is 0 Å². The number of hydrogen-bond donors (Lipinski definition) is 1. The summed E-state index contributed by atoms with van der Waals surface area (Å²) in [6, 6.07) is 6.10.